The third-order valence-electron chi connectivity index (χ3n) is 16.5. The second-order valence-corrected chi connectivity index (χ2v) is 24.9. The third kappa shape index (κ3) is 15.5. The standard InChI is InChI=1S/C53H91FN6O13S/c1-15-43-52(9,65)26-42(61)35(6)59(12)29-31(2)20-22-51(8,64)48(33(4)46(34(5)49(63)71-43)72-44-27-53(10,68-13)47(55)36(7)70-44)73-50-45(62)41(24-32(3)69-50)58(11)23-21-38-30-60(57-56-38)39(28-54)25-37-16-18-40(19-17-37)74(14,66)67/h16-19,30-36,39,41-48,50,61-62,64-65H,15,20-29,55H2,1-14H3/t31-,32-,33+,34-,35-,36+,39+,41+,42+,43-,44+,45-,46+,47+,48-,50+,51-,52+,53-/m1/s1. The van der Waals surface area contributed by atoms with Gasteiger partial charge in [0.25, 0.3) is 0 Å². The Labute approximate surface area is 439 Å². The molecule has 0 amide bonds. The topological polar surface area (TPSA) is 251 Å². The number of alkyl halides is 1. The number of aliphatic hydroxyl groups excluding tert-OH is 2. The van der Waals surface area contributed by atoms with Gasteiger partial charge < -0.3 is 64.4 Å². The number of rotatable bonds is 15. The summed E-state index contributed by atoms with van der Waals surface area (Å²) in [4.78, 5) is 18.8. The number of sulfone groups is 1. The van der Waals surface area contributed by atoms with Crippen LogP contribution in [0, 0.1) is 17.8 Å². The molecule has 19 atom stereocenters. The average Bonchev–Trinajstić information content (AvgIpc) is 3.81. The highest BCUT2D eigenvalue weighted by atomic mass is 32.2. The molecule has 5 rings (SSSR count). The van der Waals surface area contributed by atoms with Gasteiger partial charge in [-0.2, -0.15) is 0 Å². The Morgan fingerprint density at radius 2 is 1.68 bits per heavy atom. The van der Waals surface area contributed by atoms with Crippen LogP contribution in [0.4, 0.5) is 4.39 Å². The highest BCUT2D eigenvalue weighted by Crippen LogP contribution is 2.40. The molecule has 1 aromatic carbocycles. The molecular weight excluding hydrogens is 980 g/mol. The number of ether oxygens (including phenoxy) is 6. The summed E-state index contributed by atoms with van der Waals surface area (Å²) in [5, 5.41) is 57.0. The summed E-state index contributed by atoms with van der Waals surface area (Å²) in [6, 6.07) is 4.35. The maximum atomic E-state index is 14.6. The lowest BCUT2D eigenvalue weighted by Gasteiger charge is -2.49. The van der Waals surface area contributed by atoms with Crippen LogP contribution in [-0.2, 0) is 55.9 Å². The average molecular weight is 1070 g/mol. The van der Waals surface area contributed by atoms with Crippen LogP contribution in [0.1, 0.15) is 125 Å². The second kappa shape index (κ2) is 25.8. The van der Waals surface area contributed by atoms with Crippen molar-refractivity contribution in [3.63, 3.8) is 0 Å². The fourth-order valence-electron chi connectivity index (χ4n) is 11.1. The zero-order chi connectivity index (χ0) is 55.2. The van der Waals surface area contributed by atoms with Gasteiger partial charge in [-0.1, -0.05) is 38.1 Å². The van der Waals surface area contributed by atoms with Crippen molar-refractivity contribution in [2.45, 2.75) is 222 Å². The van der Waals surface area contributed by atoms with Gasteiger partial charge in [0.05, 0.1) is 70.3 Å². The monoisotopic (exact) mass is 1070 g/mol. The van der Waals surface area contributed by atoms with Crippen molar-refractivity contribution in [1.82, 2.24) is 24.8 Å². The first-order valence-electron chi connectivity index (χ1n) is 26.5. The predicted octanol–water partition coefficient (Wildman–Crippen LogP) is 4.01. The number of benzene rings is 1. The zero-order valence-electron chi connectivity index (χ0n) is 46.5. The van der Waals surface area contributed by atoms with Crippen molar-refractivity contribution < 1.29 is 66.5 Å². The number of halogens is 1. The van der Waals surface area contributed by atoms with E-state index >= 15 is 0 Å². The second-order valence-electron chi connectivity index (χ2n) is 22.9. The Balaban J connectivity index is 1.43. The van der Waals surface area contributed by atoms with Gasteiger partial charge in [0.2, 0.25) is 0 Å². The van der Waals surface area contributed by atoms with Crippen LogP contribution in [0.3, 0.4) is 0 Å². The molecule has 4 heterocycles. The minimum atomic E-state index is -3.37. The van der Waals surface area contributed by atoms with Gasteiger partial charge in [-0.05, 0) is 118 Å². The maximum Gasteiger partial charge on any atom is 0.311 e. The minimum absolute atomic E-state index is 0.0285. The van der Waals surface area contributed by atoms with Crippen LogP contribution in [0.25, 0.3) is 0 Å². The van der Waals surface area contributed by atoms with E-state index in [0.29, 0.717) is 38.0 Å². The van der Waals surface area contributed by atoms with Crippen molar-refractivity contribution in [2.24, 2.45) is 23.5 Å². The van der Waals surface area contributed by atoms with E-state index in [9.17, 15) is 38.0 Å². The highest BCUT2D eigenvalue weighted by molar-refractivity contribution is 7.90. The number of aliphatic hydroxyl groups is 4. The quantitative estimate of drug-likeness (QED) is 0.158. The van der Waals surface area contributed by atoms with Crippen LogP contribution < -0.4 is 5.73 Å². The smallest absolute Gasteiger partial charge is 0.311 e. The first-order chi connectivity index (χ1) is 34.4. The van der Waals surface area contributed by atoms with E-state index in [1.807, 2.05) is 58.5 Å². The normalized spacial score (nSPS) is 39.4. The van der Waals surface area contributed by atoms with E-state index in [1.54, 1.807) is 53.1 Å². The Morgan fingerprint density at radius 1 is 1.01 bits per heavy atom. The van der Waals surface area contributed by atoms with Gasteiger partial charge in [-0.25, -0.2) is 17.5 Å². The maximum absolute atomic E-state index is 14.6. The van der Waals surface area contributed by atoms with E-state index in [-0.39, 0.29) is 49.0 Å². The number of nitrogens with zero attached hydrogens (tertiary/aromatic N) is 5. The van der Waals surface area contributed by atoms with E-state index in [0.717, 1.165) is 11.8 Å². The number of esters is 1. The molecule has 2 aromatic rings. The fraction of sp³-hybridized carbons (Fsp3) is 0.830. The summed E-state index contributed by atoms with van der Waals surface area (Å²) >= 11 is 0. The Kier molecular flexibility index (Phi) is 21.6. The van der Waals surface area contributed by atoms with Gasteiger partial charge >= 0.3 is 5.97 Å². The van der Waals surface area contributed by atoms with Crippen molar-refractivity contribution >= 4 is 15.8 Å². The Hall–Kier alpha value is -2.77. The number of cyclic esters (lactones) is 1. The molecule has 21 heteroatoms. The van der Waals surface area contributed by atoms with Crippen LogP contribution in [0.5, 0.6) is 0 Å². The van der Waals surface area contributed by atoms with Crippen LogP contribution in [0.15, 0.2) is 35.4 Å². The molecule has 0 spiro atoms. The number of carbonyl (C=O) groups excluding carboxylic acids is 1. The van der Waals surface area contributed by atoms with Crippen LogP contribution in [0.2, 0.25) is 0 Å². The lowest BCUT2D eigenvalue weighted by molar-refractivity contribution is -0.311. The molecule has 3 aliphatic heterocycles. The van der Waals surface area contributed by atoms with E-state index < -0.39 is 125 Å². The minimum Gasteiger partial charge on any atom is -0.459 e. The van der Waals surface area contributed by atoms with E-state index in [1.165, 1.54) is 16.8 Å². The molecule has 0 aliphatic carbocycles. The molecular formula is C53H91FN6O13S. The molecule has 3 saturated heterocycles. The summed E-state index contributed by atoms with van der Waals surface area (Å²) < 4.78 is 78.5. The molecule has 3 fully saturated rings. The molecule has 424 valence electrons. The van der Waals surface area contributed by atoms with Crippen molar-refractivity contribution in [3.05, 3.63) is 41.7 Å². The number of methoxy groups -OCH3 is 1. The third-order valence-corrected chi connectivity index (χ3v) is 17.6. The molecule has 0 radical (unpaired) electrons. The van der Waals surface area contributed by atoms with Gasteiger partial charge in [0.15, 0.2) is 22.4 Å². The summed E-state index contributed by atoms with van der Waals surface area (Å²) in [6.45, 7) is 18.4. The molecule has 1 aromatic heterocycles. The highest BCUT2D eigenvalue weighted by Gasteiger charge is 2.51. The number of nitrogens with two attached hydrogens (primary N) is 1. The predicted molar refractivity (Wildman–Crippen MR) is 276 cm³/mol. The van der Waals surface area contributed by atoms with Crippen molar-refractivity contribution in [2.75, 3.05) is 47.2 Å². The number of aromatic nitrogens is 3. The number of carbonyl (C=O) groups is 1. The summed E-state index contributed by atoms with van der Waals surface area (Å²) in [7, 11) is 1.99. The molecule has 0 bridgehead atoms. The molecule has 6 N–H and O–H groups in total. The van der Waals surface area contributed by atoms with E-state index in [2.05, 4.69) is 17.2 Å². The fourth-order valence-corrected chi connectivity index (χ4v) is 11.8. The zero-order valence-corrected chi connectivity index (χ0v) is 47.3. The first kappa shape index (κ1) is 62.1. The van der Waals surface area contributed by atoms with E-state index in [4.69, 9.17) is 34.2 Å². The molecule has 19 nitrogen and oxygen atoms in total. The lowest BCUT2D eigenvalue weighted by atomic mass is 9.78. The van der Waals surface area contributed by atoms with Gasteiger partial charge in [0.1, 0.15) is 24.5 Å². The molecule has 0 saturated carbocycles. The molecule has 3 aliphatic rings. The Bertz CT molecular complexity index is 2190. The molecule has 0 unspecified atom stereocenters. The SMILES string of the molecule is CC[C@H]1OC(=O)[C@H](C)[C@@H](O[C@H]2C[C@@](C)(OC)[C@@H](N)[C@H](C)O2)[C@H](C)[C@@H](O[C@@H]2O[C@H](C)C[C@H](N(C)CCc3cn([C@H](CF)Cc4ccc(S(C)(=O)=O)cc4)nn3)[C@H]2O)[C@](C)(O)CC[C@@H](C)CN(C)[C@H](C)[C@@H](O)C[C@]1(C)O. The number of hydrogen-bond acceptors (Lipinski definition) is 18. The van der Waals surface area contributed by atoms with Crippen LogP contribution >= 0.6 is 0 Å². The van der Waals surface area contributed by atoms with Gasteiger partial charge in [0, 0.05) is 69.9 Å². The summed E-state index contributed by atoms with van der Waals surface area (Å²) in [5.41, 5.74) is 3.88. The number of likely N-dealkylation sites (N-methyl/N-ethyl adjacent to an activating group) is 2. The van der Waals surface area contributed by atoms with Crippen molar-refractivity contribution in [3.8, 4) is 0 Å². The summed E-state index contributed by atoms with van der Waals surface area (Å²) in [6.07, 6.45) is -3.26. The number of hydrogen-bond donors (Lipinski definition) is 5. The largest absolute Gasteiger partial charge is 0.459 e. The lowest BCUT2D eigenvalue weighted by Crippen LogP contribution is -2.62. The van der Waals surface area contributed by atoms with Crippen LogP contribution in [-0.4, -0.2) is 197 Å². The first-order valence-corrected chi connectivity index (χ1v) is 28.4. The van der Waals surface area contributed by atoms with Crippen molar-refractivity contribution in [1.29, 1.82) is 0 Å². The molecule has 74 heavy (non-hydrogen) atoms. The summed E-state index contributed by atoms with van der Waals surface area (Å²) in [5.74, 6) is -2.49. The Morgan fingerprint density at radius 3 is 2.28 bits per heavy atom. The van der Waals surface area contributed by atoms with Gasteiger partial charge in [-0.3, -0.25) is 4.79 Å². The van der Waals surface area contributed by atoms with Gasteiger partial charge in [-0.15, -0.1) is 5.10 Å².